The van der Waals surface area contributed by atoms with Crippen molar-refractivity contribution < 1.29 is 14.2 Å². The van der Waals surface area contributed by atoms with Crippen LogP contribution in [0.15, 0.2) is 48.5 Å². The molecule has 98 valence electrons. The second-order valence-corrected chi connectivity index (χ2v) is 4.52. The third kappa shape index (κ3) is 3.06. The van der Waals surface area contributed by atoms with Gasteiger partial charge in [-0.05, 0) is 35.4 Å². The molecule has 2 aromatic rings. The molecular weight excluding hydrogens is 240 g/mol. The first-order valence-electron chi connectivity index (χ1n) is 6.34. The number of hydrogen-bond acceptors (Lipinski definition) is 3. The Labute approximate surface area is 112 Å². The minimum Gasteiger partial charge on any atom is -0.497 e. The molecule has 1 fully saturated rings. The topological polar surface area (TPSA) is 31.0 Å². The summed E-state index contributed by atoms with van der Waals surface area (Å²) in [4.78, 5) is 0. The molecule has 1 heterocycles. The Bertz CT molecular complexity index is 527. The fourth-order valence-electron chi connectivity index (χ4n) is 1.88. The summed E-state index contributed by atoms with van der Waals surface area (Å²) >= 11 is 0. The second-order valence-electron chi connectivity index (χ2n) is 4.52. The summed E-state index contributed by atoms with van der Waals surface area (Å²) in [5, 5.41) is 0. The predicted octanol–water partition coefficient (Wildman–Crippen LogP) is 3.14. The lowest BCUT2D eigenvalue weighted by molar-refractivity contribution is 0.263. The molecule has 1 atom stereocenters. The fraction of sp³-hybridized carbons (Fsp3) is 0.250. The number of rotatable bonds is 5. The molecule has 1 saturated heterocycles. The van der Waals surface area contributed by atoms with Gasteiger partial charge in [0.1, 0.15) is 24.2 Å². The molecule has 0 aliphatic carbocycles. The Morgan fingerprint density at radius 2 is 1.47 bits per heavy atom. The van der Waals surface area contributed by atoms with Crippen LogP contribution in [0.25, 0.3) is 11.1 Å². The highest BCUT2D eigenvalue weighted by Crippen LogP contribution is 2.24. The van der Waals surface area contributed by atoms with Gasteiger partial charge in [-0.25, -0.2) is 0 Å². The fourth-order valence-corrected chi connectivity index (χ4v) is 1.88. The highest BCUT2D eigenvalue weighted by Gasteiger charge is 2.22. The van der Waals surface area contributed by atoms with Crippen LogP contribution in [0.5, 0.6) is 11.5 Å². The van der Waals surface area contributed by atoms with Gasteiger partial charge < -0.3 is 14.2 Å². The smallest absolute Gasteiger partial charge is 0.119 e. The summed E-state index contributed by atoms with van der Waals surface area (Å²) in [5.41, 5.74) is 2.33. The van der Waals surface area contributed by atoms with Crippen molar-refractivity contribution in [2.24, 2.45) is 0 Å². The number of epoxide rings is 1. The molecule has 2 aromatic carbocycles. The molecule has 1 aliphatic rings. The van der Waals surface area contributed by atoms with E-state index in [0.29, 0.717) is 12.7 Å². The molecule has 0 saturated carbocycles. The summed E-state index contributed by atoms with van der Waals surface area (Å²) in [6, 6.07) is 16.1. The Morgan fingerprint density at radius 1 is 0.947 bits per heavy atom. The third-order valence-corrected chi connectivity index (χ3v) is 3.12. The van der Waals surface area contributed by atoms with Crippen LogP contribution in [-0.2, 0) is 4.74 Å². The monoisotopic (exact) mass is 256 g/mol. The summed E-state index contributed by atoms with van der Waals surface area (Å²) < 4.78 is 15.9. The Balaban J connectivity index is 1.69. The average Bonchev–Trinajstić information content (AvgIpc) is 3.30. The van der Waals surface area contributed by atoms with Gasteiger partial charge in [0.2, 0.25) is 0 Å². The summed E-state index contributed by atoms with van der Waals surface area (Å²) in [7, 11) is 1.67. The third-order valence-electron chi connectivity index (χ3n) is 3.12. The molecule has 3 heteroatoms. The minimum absolute atomic E-state index is 0.293. The Hall–Kier alpha value is -2.00. The van der Waals surface area contributed by atoms with Crippen molar-refractivity contribution in [1.29, 1.82) is 0 Å². The van der Waals surface area contributed by atoms with Crippen molar-refractivity contribution in [3.8, 4) is 22.6 Å². The zero-order chi connectivity index (χ0) is 13.1. The average molecular weight is 256 g/mol. The Kier molecular flexibility index (Phi) is 3.38. The van der Waals surface area contributed by atoms with E-state index in [2.05, 4.69) is 12.1 Å². The van der Waals surface area contributed by atoms with Gasteiger partial charge in [-0.3, -0.25) is 0 Å². The highest BCUT2D eigenvalue weighted by molar-refractivity contribution is 5.64. The van der Waals surface area contributed by atoms with Crippen LogP contribution in [0.2, 0.25) is 0 Å². The van der Waals surface area contributed by atoms with E-state index in [9.17, 15) is 0 Å². The van der Waals surface area contributed by atoms with Crippen LogP contribution in [0, 0.1) is 0 Å². The van der Waals surface area contributed by atoms with Crippen molar-refractivity contribution in [2.75, 3.05) is 20.3 Å². The molecule has 0 N–H and O–H groups in total. The number of ether oxygens (including phenoxy) is 3. The van der Waals surface area contributed by atoms with Gasteiger partial charge in [0, 0.05) is 0 Å². The van der Waals surface area contributed by atoms with Crippen LogP contribution < -0.4 is 9.47 Å². The van der Waals surface area contributed by atoms with Crippen molar-refractivity contribution >= 4 is 0 Å². The molecular formula is C16H16O3. The summed E-state index contributed by atoms with van der Waals surface area (Å²) in [6.45, 7) is 1.46. The van der Waals surface area contributed by atoms with Crippen LogP contribution >= 0.6 is 0 Å². The van der Waals surface area contributed by atoms with Crippen molar-refractivity contribution in [3.05, 3.63) is 48.5 Å². The molecule has 0 bridgehead atoms. The summed E-state index contributed by atoms with van der Waals surface area (Å²) in [6.07, 6.45) is 0.293. The molecule has 1 aliphatic heterocycles. The minimum atomic E-state index is 0.293. The molecule has 19 heavy (non-hydrogen) atoms. The first-order chi connectivity index (χ1) is 9.35. The largest absolute Gasteiger partial charge is 0.497 e. The quantitative estimate of drug-likeness (QED) is 0.770. The van der Waals surface area contributed by atoms with Crippen molar-refractivity contribution in [1.82, 2.24) is 0 Å². The Morgan fingerprint density at radius 3 is 1.95 bits per heavy atom. The maximum Gasteiger partial charge on any atom is 0.119 e. The van der Waals surface area contributed by atoms with Crippen LogP contribution in [0.4, 0.5) is 0 Å². The van der Waals surface area contributed by atoms with Crippen molar-refractivity contribution in [2.45, 2.75) is 6.10 Å². The zero-order valence-electron chi connectivity index (χ0n) is 10.8. The van der Waals surface area contributed by atoms with Gasteiger partial charge in [0.15, 0.2) is 0 Å². The molecule has 0 radical (unpaired) electrons. The normalized spacial score (nSPS) is 17.0. The first kappa shape index (κ1) is 12.1. The van der Waals surface area contributed by atoms with E-state index < -0.39 is 0 Å². The van der Waals surface area contributed by atoms with Gasteiger partial charge in [-0.15, -0.1) is 0 Å². The van der Waals surface area contributed by atoms with E-state index in [0.717, 1.165) is 29.2 Å². The van der Waals surface area contributed by atoms with E-state index in [1.165, 1.54) is 0 Å². The first-order valence-corrected chi connectivity index (χ1v) is 6.34. The van der Waals surface area contributed by atoms with E-state index in [1.54, 1.807) is 7.11 Å². The molecule has 0 spiro atoms. The lowest BCUT2D eigenvalue weighted by atomic mass is 10.1. The second kappa shape index (κ2) is 5.33. The lowest BCUT2D eigenvalue weighted by Gasteiger charge is -2.07. The van der Waals surface area contributed by atoms with E-state index in [-0.39, 0.29) is 0 Å². The molecule has 0 amide bonds. The summed E-state index contributed by atoms with van der Waals surface area (Å²) in [5.74, 6) is 1.75. The van der Waals surface area contributed by atoms with Crippen LogP contribution in [0.3, 0.4) is 0 Å². The van der Waals surface area contributed by atoms with Gasteiger partial charge in [-0.1, -0.05) is 24.3 Å². The van der Waals surface area contributed by atoms with Gasteiger partial charge in [-0.2, -0.15) is 0 Å². The maximum absolute atomic E-state index is 5.61. The standard InChI is InChI=1S/C16H16O3/c1-17-14-6-2-12(3-7-14)13-4-8-15(9-5-13)18-10-16-11-19-16/h2-9,16H,10-11H2,1H3. The van der Waals surface area contributed by atoms with Crippen molar-refractivity contribution in [3.63, 3.8) is 0 Å². The van der Waals surface area contributed by atoms with Crippen LogP contribution in [0.1, 0.15) is 0 Å². The van der Waals surface area contributed by atoms with Gasteiger partial charge >= 0.3 is 0 Å². The predicted molar refractivity (Wildman–Crippen MR) is 73.7 cm³/mol. The molecule has 0 aromatic heterocycles. The number of benzene rings is 2. The maximum atomic E-state index is 5.61. The molecule has 3 nitrogen and oxygen atoms in total. The van der Waals surface area contributed by atoms with Gasteiger partial charge in [0.05, 0.1) is 13.7 Å². The zero-order valence-corrected chi connectivity index (χ0v) is 10.8. The molecule has 3 rings (SSSR count). The number of hydrogen-bond donors (Lipinski definition) is 0. The number of methoxy groups -OCH3 is 1. The highest BCUT2D eigenvalue weighted by atomic mass is 16.6. The van der Waals surface area contributed by atoms with E-state index in [4.69, 9.17) is 14.2 Å². The SMILES string of the molecule is COc1ccc(-c2ccc(OCC3CO3)cc2)cc1. The van der Waals surface area contributed by atoms with E-state index >= 15 is 0 Å². The molecule has 1 unspecified atom stereocenters. The van der Waals surface area contributed by atoms with E-state index in [1.807, 2.05) is 36.4 Å². The van der Waals surface area contributed by atoms with Crippen LogP contribution in [-0.4, -0.2) is 26.4 Å². The lowest BCUT2D eigenvalue weighted by Crippen LogP contribution is -2.03. The van der Waals surface area contributed by atoms with Gasteiger partial charge in [0.25, 0.3) is 0 Å².